The summed E-state index contributed by atoms with van der Waals surface area (Å²) < 4.78 is 0. The van der Waals surface area contributed by atoms with Crippen molar-refractivity contribution in [3.05, 3.63) is 88.5 Å². The number of hydrogen-bond donors (Lipinski definition) is 2. The highest BCUT2D eigenvalue weighted by Crippen LogP contribution is 2.35. The third-order valence-electron chi connectivity index (χ3n) is 6.92. The van der Waals surface area contributed by atoms with E-state index in [-0.39, 0.29) is 5.69 Å². The molecule has 5 aromatic carbocycles. The van der Waals surface area contributed by atoms with Gasteiger partial charge in [-0.15, -0.1) is 0 Å². The largest absolute Gasteiger partial charge is 0.367 e. The van der Waals surface area contributed by atoms with Crippen molar-refractivity contribution in [2.45, 2.75) is 13.0 Å². The van der Waals surface area contributed by atoms with E-state index in [1.165, 1.54) is 44.5 Å². The molecule has 0 aliphatic heterocycles. The van der Waals surface area contributed by atoms with Gasteiger partial charge in [0.15, 0.2) is 11.6 Å². The number of nitro groups is 1. The first-order valence-corrected chi connectivity index (χ1v) is 12.7. The number of hydrogen-bond acceptors (Lipinski definition) is 7. The van der Waals surface area contributed by atoms with Crippen LogP contribution >= 0.6 is 0 Å². The molecule has 0 unspecified atom stereocenters. The van der Waals surface area contributed by atoms with Crippen molar-refractivity contribution in [3.8, 4) is 0 Å². The molecule has 1 heterocycles. The summed E-state index contributed by atoms with van der Waals surface area (Å²) in [6, 6.07) is 24.2. The van der Waals surface area contributed by atoms with E-state index in [2.05, 4.69) is 70.1 Å². The molecule has 0 amide bonds. The van der Waals surface area contributed by atoms with Gasteiger partial charge >= 0.3 is 0 Å². The Morgan fingerprint density at radius 3 is 2.11 bits per heavy atom. The van der Waals surface area contributed by atoms with Crippen molar-refractivity contribution >= 4 is 60.7 Å². The van der Waals surface area contributed by atoms with Crippen molar-refractivity contribution < 1.29 is 4.92 Å². The van der Waals surface area contributed by atoms with Gasteiger partial charge in [0.25, 0.3) is 5.69 Å². The Bertz CT molecular complexity index is 1740. The highest BCUT2D eigenvalue weighted by atomic mass is 16.6. The summed E-state index contributed by atoms with van der Waals surface area (Å²) in [6.07, 6.45) is 0.928. The van der Waals surface area contributed by atoms with E-state index in [1.54, 1.807) is 6.07 Å². The zero-order valence-electron chi connectivity index (χ0n) is 21.4. The van der Waals surface area contributed by atoms with Gasteiger partial charge in [-0.1, -0.05) is 42.5 Å². The summed E-state index contributed by atoms with van der Waals surface area (Å²) in [7, 11) is 4.08. The van der Waals surface area contributed by atoms with E-state index in [0.717, 1.165) is 18.5 Å². The molecule has 6 aromatic rings. The maximum atomic E-state index is 11.3. The fraction of sp³-hybridized carbons (Fsp3) is 0.200. The van der Waals surface area contributed by atoms with Gasteiger partial charge in [0.1, 0.15) is 0 Å². The fourth-order valence-corrected chi connectivity index (χ4v) is 5.11. The molecule has 1 aromatic heterocycles. The van der Waals surface area contributed by atoms with Gasteiger partial charge in [-0.25, -0.2) is 9.97 Å². The number of rotatable bonds is 9. The number of aromatic nitrogens is 2. The summed E-state index contributed by atoms with van der Waals surface area (Å²) in [5.74, 6) is 1.22. The molecule has 0 fully saturated rings. The quantitative estimate of drug-likeness (QED) is 0.102. The third kappa shape index (κ3) is 4.50. The van der Waals surface area contributed by atoms with Crippen LogP contribution in [0, 0.1) is 10.1 Å². The van der Waals surface area contributed by atoms with E-state index in [9.17, 15) is 10.1 Å². The molecule has 0 saturated carbocycles. The summed E-state index contributed by atoms with van der Waals surface area (Å²) in [4.78, 5) is 22.5. The van der Waals surface area contributed by atoms with Crippen molar-refractivity contribution in [1.82, 2.24) is 14.9 Å². The second-order valence-electron chi connectivity index (χ2n) is 9.92. The minimum atomic E-state index is -0.412. The molecule has 38 heavy (non-hydrogen) atoms. The number of nitro benzene ring substituents is 1. The van der Waals surface area contributed by atoms with Crippen LogP contribution in [0.15, 0.2) is 72.8 Å². The molecular weight excluding hydrogens is 476 g/mol. The molecule has 0 aliphatic carbocycles. The van der Waals surface area contributed by atoms with Crippen molar-refractivity contribution in [2.75, 3.05) is 37.8 Å². The minimum absolute atomic E-state index is 0.0000590. The van der Waals surface area contributed by atoms with Crippen LogP contribution in [0.4, 0.5) is 17.3 Å². The molecule has 0 radical (unpaired) electrons. The molecule has 0 aliphatic rings. The van der Waals surface area contributed by atoms with Crippen LogP contribution in [0.2, 0.25) is 0 Å². The monoisotopic (exact) mass is 504 g/mol. The van der Waals surface area contributed by atoms with Crippen molar-refractivity contribution in [2.24, 2.45) is 0 Å². The number of benzene rings is 5. The van der Waals surface area contributed by atoms with Crippen LogP contribution in [0.5, 0.6) is 0 Å². The second-order valence-corrected chi connectivity index (χ2v) is 9.92. The molecular formula is C30H28N6O2. The van der Waals surface area contributed by atoms with Gasteiger partial charge in [0.2, 0.25) is 0 Å². The fourth-order valence-electron chi connectivity index (χ4n) is 5.11. The second kappa shape index (κ2) is 9.72. The lowest BCUT2D eigenvalue weighted by Crippen LogP contribution is -2.17. The highest BCUT2D eigenvalue weighted by Gasteiger charge is 2.14. The summed E-state index contributed by atoms with van der Waals surface area (Å²) in [5, 5.41) is 25.7. The standard InChI is InChI=1S/C30H28N6O2/c1-35(2)14-4-13-31-29-30(33-25-12-11-24(36(37)38)17-26(25)34-29)32-18-19-15-22-9-7-20-5-3-6-21-8-10-23(16-19)28(22)27(20)21/h3,5-12,15-17H,4,13-14,18H2,1-2H3,(H,31,34)(H,32,33). The van der Waals surface area contributed by atoms with E-state index in [4.69, 9.17) is 9.97 Å². The maximum Gasteiger partial charge on any atom is 0.271 e. The smallest absolute Gasteiger partial charge is 0.271 e. The van der Waals surface area contributed by atoms with Gasteiger partial charge < -0.3 is 15.5 Å². The van der Waals surface area contributed by atoms with Gasteiger partial charge in [-0.3, -0.25) is 10.1 Å². The highest BCUT2D eigenvalue weighted by molar-refractivity contribution is 6.23. The lowest BCUT2D eigenvalue weighted by Gasteiger charge is -2.16. The number of anilines is 2. The molecule has 6 rings (SSSR count). The topological polar surface area (TPSA) is 96.2 Å². The van der Waals surface area contributed by atoms with Crippen LogP contribution in [0.3, 0.4) is 0 Å². The van der Waals surface area contributed by atoms with Gasteiger partial charge in [-0.05, 0) is 83.1 Å². The first kappa shape index (κ1) is 23.8. The Kier molecular flexibility index (Phi) is 6.09. The molecule has 0 atom stereocenters. The summed E-state index contributed by atoms with van der Waals surface area (Å²) >= 11 is 0. The van der Waals surface area contributed by atoms with E-state index < -0.39 is 4.92 Å². The lowest BCUT2D eigenvalue weighted by atomic mass is 9.93. The Morgan fingerprint density at radius 1 is 0.789 bits per heavy atom. The van der Waals surface area contributed by atoms with Crippen molar-refractivity contribution in [1.29, 1.82) is 0 Å². The summed E-state index contributed by atoms with van der Waals surface area (Å²) in [6.45, 7) is 2.21. The zero-order valence-corrected chi connectivity index (χ0v) is 21.4. The predicted molar refractivity (Wildman–Crippen MR) is 155 cm³/mol. The molecule has 0 spiro atoms. The van der Waals surface area contributed by atoms with Crippen LogP contribution < -0.4 is 10.6 Å². The lowest BCUT2D eigenvalue weighted by molar-refractivity contribution is -0.384. The number of fused-ring (bicyclic) bond motifs is 1. The average molecular weight is 505 g/mol. The number of non-ortho nitro benzene ring substituents is 1. The number of nitrogens with zero attached hydrogens (tertiary/aromatic N) is 4. The molecule has 0 saturated heterocycles. The maximum absolute atomic E-state index is 11.3. The van der Waals surface area contributed by atoms with Crippen molar-refractivity contribution in [3.63, 3.8) is 0 Å². The normalized spacial score (nSPS) is 11.8. The molecule has 8 nitrogen and oxygen atoms in total. The minimum Gasteiger partial charge on any atom is -0.367 e. The molecule has 190 valence electrons. The Hall–Kier alpha value is -4.56. The predicted octanol–water partition coefficient (Wildman–Crippen LogP) is 6.41. The average Bonchev–Trinajstić information content (AvgIpc) is 2.92. The van der Waals surface area contributed by atoms with E-state index >= 15 is 0 Å². The van der Waals surface area contributed by atoms with E-state index in [1.807, 2.05) is 14.1 Å². The van der Waals surface area contributed by atoms with Gasteiger partial charge in [-0.2, -0.15) is 0 Å². The SMILES string of the molecule is CN(C)CCCNc1nc2cc([N+](=O)[O-])ccc2nc1NCc1cc2ccc3cccc4ccc(c1)c2c34. The first-order valence-electron chi connectivity index (χ1n) is 12.7. The van der Waals surface area contributed by atoms with Gasteiger partial charge in [0, 0.05) is 25.2 Å². The van der Waals surface area contributed by atoms with Gasteiger partial charge in [0.05, 0.1) is 16.0 Å². The van der Waals surface area contributed by atoms with Crippen LogP contribution in [0.1, 0.15) is 12.0 Å². The Balaban J connectivity index is 1.33. The first-order chi connectivity index (χ1) is 18.5. The van der Waals surface area contributed by atoms with E-state index in [0.29, 0.717) is 35.8 Å². The summed E-state index contributed by atoms with van der Waals surface area (Å²) in [5.41, 5.74) is 2.23. The van der Waals surface area contributed by atoms with Crippen LogP contribution in [0.25, 0.3) is 43.4 Å². The van der Waals surface area contributed by atoms with Crippen LogP contribution in [-0.2, 0) is 6.54 Å². The number of nitrogens with one attached hydrogen (secondary N) is 2. The Labute approximate surface area is 219 Å². The Morgan fingerprint density at radius 2 is 1.42 bits per heavy atom. The molecule has 8 heteroatoms. The third-order valence-corrected chi connectivity index (χ3v) is 6.92. The molecule has 0 bridgehead atoms. The zero-order chi connectivity index (χ0) is 26.2. The molecule has 2 N–H and O–H groups in total. The van der Waals surface area contributed by atoms with Crippen LogP contribution in [-0.4, -0.2) is 47.0 Å².